The summed E-state index contributed by atoms with van der Waals surface area (Å²) in [5, 5.41) is 3.34. The van der Waals surface area contributed by atoms with Crippen molar-refractivity contribution < 1.29 is 9.13 Å². The van der Waals surface area contributed by atoms with Crippen LogP contribution in [0.15, 0.2) is 42.7 Å². The first-order valence-corrected chi connectivity index (χ1v) is 7.09. The Kier molecular flexibility index (Phi) is 4.31. The van der Waals surface area contributed by atoms with E-state index in [4.69, 9.17) is 4.74 Å². The Labute approximate surface area is 123 Å². The molecular formula is C16H18FN3O. The smallest absolute Gasteiger partial charge is 0.141 e. The van der Waals surface area contributed by atoms with E-state index < -0.39 is 0 Å². The Bertz CT molecular complexity index is 600. The Morgan fingerprint density at radius 1 is 1.19 bits per heavy atom. The molecule has 3 rings (SSSR count). The molecule has 1 aliphatic heterocycles. The second-order valence-corrected chi connectivity index (χ2v) is 5.03. The topological polar surface area (TPSA) is 37.4 Å². The van der Waals surface area contributed by atoms with Crippen LogP contribution in [0.5, 0.6) is 5.75 Å². The highest BCUT2D eigenvalue weighted by atomic mass is 19.1. The van der Waals surface area contributed by atoms with Crippen molar-refractivity contribution in [2.24, 2.45) is 0 Å². The van der Waals surface area contributed by atoms with Gasteiger partial charge in [0.15, 0.2) is 0 Å². The van der Waals surface area contributed by atoms with Crippen LogP contribution in [0.3, 0.4) is 0 Å². The van der Waals surface area contributed by atoms with Crippen molar-refractivity contribution in [3.05, 3.63) is 54.1 Å². The molecule has 2 aromatic rings. The summed E-state index contributed by atoms with van der Waals surface area (Å²) in [4.78, 5) is 6.14. The third kappa shape index (κ3) is 3.70. The Balaban J connectivity index is 1.65. The molecule has 0 bridgehead atoms. The zero-order chi connectivity index (χ0) is 14.5. The number of pyridine rings is 1. The summed E-state index contributed by atoms with van der Waals surface area (Å²) in [5.41, 5.74) is 1.88. The Morgan fingerprint density at radius 2 is 2.05 bits per heavy atom. The number of rotatable bonds is 4. The first-order valence-electron chi connectivity index (χ1n) is 7.09. The van der Waals surface area contributed by atoms with Crippen LogP contribution in [0.2, 0.25) is 0 Å². The zero-order valence-corrected chi connectivity index (χ0v) is 11.8. The van der Waals surface area contributed by atoms with E-state index >= 15 is 0 Å². The minimum Gasteiger partial charge on any atom is -0.489 e. The minimum atomic E-state index is -0.342. The van der Waals surface area contributed by atoms with Gasteiger partial charge in [-0.25, -0.2) is 4.39 Å². The third-order valence-corrected chi connectivity index (χ3v) is 3.47. The van der Waals surface area contributed by atoms with Crippen LogP contribution in [0, 0.1) is 5.82 Å². The molecule has 1 aromatic carbocycles. The van der Waals surface area contributed by atoms with Crippen molar-refractivity contribution in [3.63, 3.8) is 0 Å². The average molecular weight is 287 g/mol. The van der Waals surface area contributed by atoms with Crippen LogP contribution in [0.1, 0.15) is 5.56 Å². The largest absolute Gasteiger partial charge is 0.489 e. The lowest BCUT2D eigenvalue weighted by atomic mass is 10.2. The molecule has 0 amide bonds. The van der Waals surface area contributed by atoms with E-state index in [1.54, 1.807) is 6.20 Å². The molecule has 0 atom stereocenters. The fourth-order valence-corrected chi connectivity index (χ4v) is 2.39. The van der Waals surface area contributed by atoms with Crippen LogP contribution in [-0.2, 0) is 6.61 Å². The van der Waals surface area contributed by atoms with E-state index in [9.17, 15) is 4.39 Å². The first-order chi connectivity index (χ1) is 10.3. The van der Waals surface area contributed by atoms with Crippen LogP contribution in [0.4, 0.5) is 10.1 Å². The van der Waals surface area contributed by atoms with E-state index in [1.807, 2.05) is 18.2 Å². The SMILES string of the molecule is Fc1cncc(COc2cccc(N3CCNCC3)c2)c1. The summed E-state index contributed by atoms with van der Waals surface area (Å²) >= 11 is 0. The van der Waals surface area contributed by atoms with Crippen molar-refractivity contribution in [3.8, 4) is 5.75 Å². The van der Waals surface area contributed by atoms with Gasteiger partial charge in [0.25, 0.3) is 0 Å². The number of benzene rings is 1. The molecule has 1 saturated heterocycles. The summed E-state index contributed by atoms with van der Waals surface area (Å²) in [7, 11) is 0. The molecule has 0 spiro atoms. The van der Waals surface area contributed by atoms with Crippen molar-refractivity contribution in [2.45, 2.75) is 6.61 Å². The van der Waals surface area contributed by atoms with Gasteiger partial charge in [0.05, 0.1) is 6.20 Å². The maximum Gasteiger partial charge on any atom is 0.141 e. The lowest BCUT2D eigenvalue weighted by Crippen LogP contribution is -2.43. The molecule has 0 radical (unpaired) electrons. The standard InChI is InChI=1S/C16H18FN3O/c17-14-8-13(10-19-11-14)12-21-16-3-1-2-15(9-16)20-6-4-18-5-7-20/h1-3,8-11,18H,4-7,12H2. The lowest BCUT2D eigenvalue weighted by molar-refractivity contribution is 0.305. The third-order valence-electron chi connectivity index (χ3n) is 3.47. The molecule has 0 saturated carbocycles. The molecule has 5 heteroatoms. The predicted octanol–water partition coefficient (Wildman–Crippen LogP) is 2.21. The number of ether oxygens (including phenoxy) is 1. The van der Waals surface area contributed by atoms with E-state index in [0.29, 0.717) is 6.61 Å². The molecule has 0 unspecified atom stereocenters. The van der Waals surface area contributed by atoms with Crippen LogP contribution >= 0.6 is 0 Å². The molecule has 21 heavy (non-hydrogen) atoms. The second-order valence-electron chi connectivity index (χ2n) is 5.03. The summed E-state index contributed by atoms with van der Waals surface area (Å²) in [6.07, 6.45) is 2.80. The summed E-state index contributed by atoms with van der Waals surface area (Å²) in [6.45, 7) is 4.31. The number of piperazine rings is 1. The van der Waals surface area contributed by atoms with Gasteiger partial charge in [-0.05, 0) is 18.2 Å². The van der Waals surface area contributed by atoms with E-state index in [-0.39, 0.29) is 5.82 Å². The summed E-state index contributed by atoms with van der Waals surface area (Å²) < 4.78 is 18.8. The van der Waals surface area contributed by atoms with Gasteiger partial charge in [-0.1, -0.05) is 6.07 Å². The van der Waals surface area contributed by atoms with Crippen LogP contribution in [0.25, 0.3) is 0 Å². The fourth-order valence-electron chi connectivity index (χ4n) is 2.39. The molecule has 0 aliphatic carbocycles. The molecular weight excluding hydrogens is 269 g/mol. The molecule has 1 N–H and O–H groups in total. The van der Waals surface area contributed by atoms with Gasteiger partial charge < -0.3 is 15.0 Å². The van der Waals surface area contributed by atoms with Crippen molar-refractivity contribution in [2.75, 3.05) is 31.1 Å². The monoisotopic (exact) mass is 287 g/mol. The van der Waals surface area contributed by atoms with E-state index in [0.717, 1.165) is 43.2 Å². The molecule has 110 valence electrons. The number of hydrogen-bond acceptors (Lipinski definition) is 4. The van der Waals surface area contributed by atoms with Gasteiger partial charge in [0.2, 0.25) is 0 Å². The normalized spacial score (nSPS) is 15.0. The fraction of sp³-hybridized carbons (Fsp3) is 0.312. The number of anilines is 1. The number of halogens is 1. The van der Waals surface area contributed by atoms with E-state index in [1.165, 1.54) is 12.3 Å². The van der Waals surface area contributed by atoms with Crippen LogP contribution < -0.4 is 15.0 Å². The van der Waals surface area contributed by atoms with Gasteiger partial charge in [-0.3, -0.25) is 4.98 Å². The maximum absolute atomic E-state index is 13.1. The van der Waals surface area contributed by atoms with Gasteiger partial charge in [-0.2, -0.15) is 0 Å². The first kappa shape index (κ1) is 13.8. The molecule has 4 nitrogen and oxygen atoms in total. The van der Waals surface area contributed by atoms with Crippen LogP contribution in [-0.4, -0.2) is 31.2 Å². The summed E-state index contributed by atoms with van der Waals surface area (Å²) in [6, 6.07) is 9.45. The minimum absolute atomic E-state index is 0.315. The van der Waals surface area contributed by atoms with Crippen molar-refractivity contribution in [1.29, 1.82) is 0 Å². The highest BCUT2D eigenvalue weighted by Crippen LogP contribution is 2.22. The number of aromatic nitrogens is 1. The van der Waals surface area contributed by atoms with Gasteiger partial charge in [-0.15, -0.1) is 0 Å². The number of hydrogen-bond donors (Lipinski definition) is 1. The molecule has 2 heterocycles. The average Bonchev–Trinajstić information content (AvgIpc) is 2.54. The zero-order valence-electron chi connectivity index (χ0n) is 11.8. The quantitative estimate of drug-likeness (QED) is 0.935. The van der Waals surface area contributed by atoms with Crippen molar-refractivity contribution >= 4 is 5.69 Å². The lowest BCUT2D eigenvalue weighted by Gasteiger charge is -2.29. The maximum atomic E-state index is 13.1. The Hall–Kier alpha value is -2.14. The molecule has 1 fully saturated rings. The summed E-state index contributed by atoms with van der Waals surface area (Å²) in [5.74, 6) is 0.445. The number of nitrogens with one attached hydrogen (secondary N) is 1. The van der Waals surface area contributed by atoms with Gasteiger partial charge >= 0.3 is 0 Å². The van der Waals surface area contributed by atoms with Crippen molar-refractivity contribution in [1.82, 2.24) is 10.3 Å². The predicted molar refractivity (Wildman–Crippen MR) is 80.1 cm³/mol. The molecule has 1 aromatic heterocycles. The van der Waals surface area contributed by atoms with Gasteiger partial charge in [0.1, 0.15) is 18.2 Å². The van der Waals surface area contributed by atoms with Gasteiger partial charge in [0, 0.05) is 49.7 Å². The highest BCUT2D eigenvalue weighted by Gasteiger charge is 2.10. The highest BCUT2D eigenvalue weighted by molar-refractivity contribution is 5.51. The molecule has 1 aliphatic rings. The Morgan fingerprint density at radius 3 is 2.86 bits per heavy atom. The van der Waals surface area contributed by atoms with E-state index in [2.05, 4.69) is 21.3 Å². The second kappa shape index (κ2) is 6.54. The number of nitrogens with zero attached hydrogens (tertiary/aromatic N) is 2.